The van der Waals surface area contributed by atoms with Gasteiger partial charge in [-0.25, -0.2) is 9.78 Å². The van der Waals surface area contributed by atoms with Crippen molar-refractivity contribution in [2.24, 2.45) is 0 Å². The van der Waals surface area contributed by atoms with Gasteiger partial charge >= 0.3 is 5.97 Å². The van der Waals surface area contributed by atoms with Crippen molar-refractivity contribution in [3.8, 4) is 5.75 Å². The van der Waals surface area contributed by atoms with E-state index < -0.39 is 5.97 Å². The number of ether oxygens (including phenoxy) is 1. The van der Waals surface area contributed by atoms with Crippen molar-refractivity contribution in [2.75, 3.05) is 18.9 Å². The van der Waals surface area contributed by atoms with Crippen LogP contribution < -0.4 is 4.74 Å². The Bertz CT molecular complexity index is 826. The summed E-state index contributed by atoms with van der Waals surface area (Å²) in [5, 5.41) is 11.4. The Morgan fingerprint density at radius 3 is 2.78 bits per heavy atom. The molecule has 1 aliphatic heterocycles. The Kier molecular flexibility index (Phi) is 6.86. The average Bonchev–Trinajstić information content (AvgIpc) is 3.20. The van der Waals surface area contributed by atoms with E-state index in [4.69, 9.17) is 33.0 Å². The van der Waals surface area contributed by atoms with Gasteiger partial charge in [0.15, 0.2) is 10.0 Å². The predicted molar refractivity (Wildman–Crippen MR) is 106 cm³/mol. The highest BCUT2D eigenvalue weighted by atomic mass is 35.5. The number of nitrogens with zero attached hydrogens (tertiary/aromatic N) is 2. The fourth-order valence-corrected chi connectivity index (χ4v) is 5.05. The van der Waals surface area contributed by atoms with Crippen LogP contribution in [-0.4, -0.2) is 51.8 Å². The van der Waals surface area contributed by atoms with E-state index in [0.29, 0.717) is 45.5 Å². The van der Waals surface area contributed by atoms with Crippen LogP contribution >= 0.6 is 46.3 Å². The molecule has 1 aromatic carbocycles. The number of aromatic nitrogens is 1. The van der Waals surface area contributed by atoms with Crippen LogP contribution in [0.4, 0.5) is 0 Å². The molecule has 2 heterocycles. The maximum atomic E-state index is 12.2. The smallest absolute Gasteiger partial charge is 0.355 e. The standard InChI is InChI=1S/C17H16Cl2N2O4S2/c18-10-5-11(19)7-13(6-10)25-8-12-1-2-15(22)21(12)3-4-26-17-20-14(9-27-17)16(23)24/h5-7,9,12H,1-4,8H2,(H,23,24). The number of thioether (sulfide) groups is 1. The Balaban J connectivity index is 1.51. The van der Waals surface area contributed by atoms with Gasteiger partial charge in [-0.15, -0.1) is 11.3 Å². The highest BCUT2D eigenvalue weighted by Crippen LogP contribution is 2.27. The fourth-order valence-electron chi connectivity index (χ4n) is 2.73. The normalized spacial score (nSPS) is 16.7. The molecule has 1 atom stereocenters. The summed E-state index contributed by atoms with van der Waals surface area (Å²) >= 11 is 14.7. The Labute approximate surface area is 174 Å². The Morgan fingerprint density at radius 1 is 1.37 bits per heavy atom. The molecule has 1 aromatic heterocycles. The number of halogens is 2. The number of carbonyl (C=O) groups excluding carboxylic acids is 1. The van der Waals surface area contributed by atoms with E-state index in [1.807, 2.05) is 4.90 Å². The maximum Gasteiger partial charge on any atom is 0.355 e. The second-order valence-electron chi connectivity index (χ2n) is 5.85. The largest absolute Gasteiger partial charge is 0.491 e. The van der Waals surface area contributed by atoms with Crippen LogP contribution in [0.3, 0.4) is 0 Å². The zero-order chi connectivity index (χ0) is 19.4. The molecule has 0 aliphatic carbocycles. The lowest BCUT2D eigenvalue weighted by molar-refractivity contribution is -0.129. The molecular formula is C17H16Cl2N2O4S2. The lowest BCUT2D eigenvalue weighted by Gasteiger charge is -2.24. The molecule has 1 aliphatic rings. The quantitative estimate of drug-likeness (QED) is 0.608. The van der Waals surface area contributed by atoms with Gasteiger partial charge in [0.25, 0.3) is 0 Å². The van der Waals surface area contributed by atoms with Gasteiger partial charge < -0.3 is 14.7 Å². The molecule has 1 fully saturated rings. The summed E-state index contributed by atoms with van der Waals surface area (Å²) in [5.41, 5.74) is 0.0474. The average molecular weight is 447 g/mol. The van der Waals surface area contributed by atoms with Crippen LogP contribution in [0.5, 0.6) is 5.75 Å². The number of hydrogen-bond donors (Lipinski definition) is 1. The molecule has 1 N–H and O–H groups in total. The molecule has 1 unspecified atom stereocenters. The molecule has 27 heavy (non-hydrogen) atoms. The summed E-state index contributed by atoms with van der Waals surface area (Å²) in [6.07, 6.45) is 1.23. The van der Waals surface area contributed by atoms with Crippen LogP contribution in [0.1, 0.15) is 23.3 Å². The number of aromatic carboxylic acids is 1. The first-order valence-electron chi connectivity index (χ1n) is 8.12. The summed E-state index contributed by atoms with van der Waals surface area (Å²) in [5.74, 6) is 0.271. The maximum absolute atomic E-state index is 12.2. The number of benzene rings is 1. The van der Waals surface area contributed by atoms with E-state index >= 15 is 0 Å². The van der Waals surface area contributed by atoms with Crippen molar-refractivity contribution in [1.82, 2.24) is 9.88 Å². The van der Waals surface area contributed by atoms with Crippen molar-refractivity contribution in [3.63, 3.8) is 0 Å². The second kappa shape index (κ2) is 9.14. The minimum atomic E-state index is -1.04. The van der Waals surface area contributed by atoms with Crippen LogP contribution in [0.2, 0.25) is 10.0 Å². The van der Waals surface area contributed by atoms with Crippen molar-refractivity contribution < 1.29 is 19.4 Å². The van der Waals surface area contributed by atoms with Gasteiger partial charge in [-0.05, 0) is 24.6 Å². The van der Waals surface area contributed by atoms with E-state index in [1.54, 1.807) is 18.2 Å². The molecule has 10 heteroatoms. The first kappa shape index (κ1) is 20.3. The zero-order valence-electron chi connectivity index (χ0n) is 14.1. The number of carboxylic acid groups (broad SMARTS) is 1. The molecule has 3 rings (SSSR count). The first-order valence-corrected chi connectivity index (χ1v) is 10.7. The van der Waals surface area contributed by atoms with Crippen molar-refractivity contribution in [1.29, 1.82) is 0 Å². The lowest BCUT2D eigenvalue weighted by Crippen LogP contribution is -2.38. The van der Waals surface area contributed by atoms with E-state index in [1.165, 1.54) is 28.5 Å². The van der Waals surface area contributed by atoms with E-state index in [-0.39, 0.29) is 17.6 Å². The number of rotatable bonds is 8. The summed E-state index contributed by atoms with van der Waals surface area (Å²) < 4.78 is 6.46. The van der Waals surface area contributed by atoms with E-state index in [9.17, 15) is 9.59 Å². The van der Waals surface area contributed by atoms with Gasteiger partial charge in [0.05, 0.1) is 6.04 Å². The third kappa shape index (κ3) is 5.51. The van der Waals surface area contributed by atoms with Gasteiger partial charge in [0.1, 0.15) is 12.4 Å². The number of carboxylic acids is 1. The van der Waals surface area contributed by atoms with Gasteiger partial charge in [-0.2, -0.15) is 0 Å². The molecule has 1 amide bonds. The Hall–Kier alpha value is -1.48. The van der Waals surface area contributed by atoms with Gasteiger partial charge in [0.2, 0.25) is 5.91 Å². The highest BCUT2D eigenvalue weighted by Gasteiger charge is 2.31. The topological polar surface area (TPSA) is 79.7 Å². The van der Waals surface area contributed by atoms with Crippen molar-refractivity contribution in [3.05, 3.63) is 39.3 Å². The monoisotopic (exact) mass is 446 g/mol. The number of amides is 1. The van der Waals surface area contributed by atoms with Gasteiger partial charge in [-0.1, -0.05) is 35.0 Å². The molecule has 0 radical (unpaired) electrons. The molecular weight excluding hydrogens is 431 g/mol. The van der Waals surface area contributed by atoms with E-state index in [2.05, 4.69) is 4.98 Å². The summed E-state index contributed by atoms with van der Waals surface area (Å²) in [6.45, 7) is 0.920. The number of hydrogen-bond acceptors (Lipinski definition) is 6. The van der Waals surface area contributed by atoms with Gasteiger partial charge in [0, 0.05) is 34.1 Å². The molecule has 0 bridgehead atoms. The van der Waals surface area contributed by atoms with Crippen LogP contribution in [-0.2, 0) is 4.79 Å². The van der Waals surface area contributed by atoms with Crippen molar-refractivity contribution >= 4 is 58.2 Å². The number of thiazole rings is 1. The second-order valence-corrected chi connectivity index (χ2v) is 8.92. The molecule has 6 nitrogen and oxygen atoms in total. The summed E-state index contributed by atoms with van der Waals surface area (Å²) in [4.78, 5) is 28.9. The Morgan fingerprint density at radius 2 is 2.11 bits per heavy atom. The van der Waals surface area contributed by atoms with Crippen molar-refractivity contribution in [2.45, 2.75) is 23.2 Å². The van der Waals surface area contributed by atoms with Crippen LogP contribution in [0.15, 0.2) is 27.9 Å². The zero-order valence-corrected chi connectivity index (χ0v) is 17.2. The molecule has 144 valence electrons. The third-order valence-corrected chi connectivity index (χ3v) is 6.43. The predicted octanol–water partition coefficient (Wildman–Crippen LogP) is 4.31. The lowest BCUT2D eigenvalue weighted by atomic mass is 10.2. The first-order chi connectivity index (χ1) is 12.9. The summed E-state index contributed by atoms with van der Waals surface area (Å²) in [6, 6.07) is 4.99. The highest BCUT2D eigenvalue weighted by molar-refractivity contribution is 8.01. The minimum absolute atomic E-state index is 0.0123. The fraction of sp³-hybridized carbons (Fsp3) is 0.353. The molecule has 0 saturated carbocycles. The van der Waals surface area contributed by atoms with Crippen LogP contribution in [0, 0.1) is 0 Å². The SMILES string of the molecule is O=C(O)c1csc(SCCN2C(=O)CCC2COc2cc(Cl)cc(Cl)c2)n1. The summed E-state index contributed by atoms with van der Waals surface area (Å²) in [7, 11) is 0. The number of carbonyl (C=O) groups is 2. The minimum Gasteiger partial charge on any atom is -0.491 e. The number of likely N-dealkylation sites (tertiary alicyclic amines) is 1. The van der Waals surface area contributed by atoms with E-state index in [0.717, 1.165) is 6.42 Å². The third-order valence-electron chi connectivity index (χ3n) is 3.99. The molecule has 2 aromatic rings. The molecule has 1 saturated heterocycles. The van der Waals surface area contributed by atoms with Gasteiger partial charge in [-0.3, -0.25) is 4.79 Å². The van der Waals surface area contributed by atoms with Crippen LogP contribution in [0.25, 0.3) is 0 Å². The molecule has 0 spiro atoms.